The van der Waals surface area contributed by atoms with E-state index in [2.05, 4.69) is 36.5 Å². The van der Waals surface area contributed by atoms with Crippen molar-refractivity contribution >= 4 is 5.91 Å². The van der Waals surface area contributed by atoms with Gasteiger partial charge in [-0.1, -0.05) is 60.9 Å². The van der Waals surface area contributed by atoms with Crippen molar-refractivity contribution in [2.24, 2.45) is 0 Å². The van der Waals surface area contributed by atoms with Gasteiger partial charge in [0, 0.05) is 18.0 Å². The van der Waals surface area contributed by atoms with E-state index < -0.39 is 0 Å². The van der Waals surface area contributed by atoms with Crippen LogP contribution < -0.4 is 5.32 Å². The average Bonchev–Trinajstić information content (AvgIpc) is 2.96. The van der Waals surface area contributed by atoms with Gasteiger partial charge in [0.2, 0.25) is 5.91 Å². The zero-order chi connectivity index (χ0) is 15.1. The fourth-order valence-electron chi connectivity index (χ4n) is 3.16. The largest absolute Gasteiger partial charge is 0.352 e. The predicted octanol–water partition coefficient (Wildman–Crippen LogP) is 4.06. The molecule has 1 saturated carbocycles. The van der Waals surface area contributed by atoms with Crippen LogP contribution in [0.15, 0.2) is 48.6 Å². The summed E-state index contributed by atoms with van der Waals surface area (Å²) in [6.07, 6.45) is 12.0. The highest BCUT2D eigenvalue weighted by Crippen LogP contribution is 2.40. The first-order valence-corrected chi connectivity index (χ1v) is 7.81. The Hall–Kier alpha value is -1.83. The summed E-state index contributed by atoms with van der Waals surface area (Å²) in [6, 6.07) is 8.73. The van der Waals surface area contributed by atoms with Crippen molar-refractivity contribution in [1.29, 1.82) is 0 Å². The maximum absolute atomic E-state index is 11.9. The Kier molecular flexibility index (Phi) is 5.38. The summed E-state index contributed by atoms with van der Waals surface area (Å²) in [5.74, 6) is -0.00738. The predicted molar refractivity (Wildman–Crippen MR) is 88.3 cm³/mol. The molecular formula is C19H25NO. The van der Waals surface area contributed by atoms with Gasteiger partial charge in [-0.15, -0.1) is 0 Å². The number of rotatable bonds is 5. The minimum atomic E-state index is -0.00738. The molecule has 2 nitrogen and oxygen atoms in total. The number of carbonyl (C=O) groups excluding carboxylic acids is 1. The molecule has 0 unspecified atom stereocenters. The van der Waals surface area contributed by atoms with Crippen LogP contribution in [0.4, 0.5) is 0 Å². The fourth-order valence-corrected chi connectivity index (χ4v) is 3.16. The molecular weight excluding hydrogens is 258 g/mol. The summed E-state index contributed by atoms with van der Waals surface area (Å²) >= 11 is 0. The molecule has 1 aromatic carbocycles. The number of hydrogen-bond acceptors (Lipinski definition) is 1. The number of nitrogens with one attached hydrogen (secondary N) is 1. The molecule has 2 rings (SSSR count). The van der Waals surface area contributed by atoms with E-state index in [4.69, 9.17) is 0 Å². The van der Waals surface area contributed by atoms with Crippen molar-refractivity contribution in [1.82, 2.24) is 5.32 Å². The van der Waals surface area contributed by atoms with Gasteiger partial charge >= 0.3 is 0 Å². The molecule has 0 bridgehead atoms. The average molecular weight is 283 g/mol. The zero-order valence-electron chi connectivity index (χ0n) is 13.1. The highest BCUT2D eigenvalue weighted by atomic mass is 16.1. The molecule has 1 aliphatic rings. The smallest absolute Gasteiger partial charge is 0.244 e. The lowest BCUT2D eigenvalue weighted by Gasteiger charge is -2.30. The molecule has 0 spiro atoms. The van der Waals surface area contributed by atoms with Crippen LogP contribution in [0.5, 0.6) is 0 Å². The molecule has 0 radical (unpaired) electrons. The third kappa shape index (κ3) is 4.07. The molecule has 0 aromatic heterocycles. The summed E-state index contributed by atoms with van der Waals surface area (Å²) < 4.78 is 0. The van der Waals surface area contributed by atoms with Crippen molar-refractivity contribution in [2.45, 2.75) is 44.9 Å². The molecule has 0 heterocycles. The van der Waals surface area contributed by atoms with E-state index in [0.717, 1.165) is 19.4 Å². The lowest BCUT2D eigenvalue weighted by atomic mass is 9.78. The van der Waals surface area contributed by atoms with Crippen LogP contribution in [0.2, 0.25) is 0 Å². The molecule has 2 heteroatoms. The molecule has 1 N–H and O–H groups in total. The zero-order valence-corrected chi connectivity index (χ0v) is 13.1. The quantitative estimate of drug-likeness (QED) is 0.641. The second kappa shape index (κ2) is 7.26. The lowest BCUT2D eigenvalue weighted by Crippen LogP contribution is -2.38. The van der Waals surface area contributed by atoms with Crippen LogP contribution >= 0.6 is 0 Å². The van der Waals surface area contributed by atoms with E-state index in [-0.39, 0.29) is 11.3 Å². The first-order valence-electron chi connectivity index (χ1n) is 7.81. The molecule has 1 fully saturated rings. The minimum Gasteiger partial charge on any atom is -0.352 e. The van der Waals surface area contributed by atoms with Crippen LogP contribution in [0.1, 0.15) is 43.7 Å². The highest BCUT2D eigenvalue weighted by Gasteiger charge is 2.35. The van der Waals surface area contributed by atoms with Gasteiger partial charge in [-0.2, -0.15) is 0 Å². The van der Waals surface area contributed by atoms with Gasteiger partial charge < -0.3 is 5.32 Å². The number of aryl methyl sites for hydroxylation is 1. The molecule has 0 aliphatic heterocycles. The lowest BCUT2D eigenvalue weighted by molar-refractivity contribution is -0.116. The second-order valence-corrected chi connectivity index (χ2v) is 5.96. The van der Waals surface area contributed by atoms with E-state index in [0.29, 0.717) is 0 Å². The Labute approximate surface area is 128 Å². The topological polar surface area (TPSA) is 29.1 Å². The van der Waals surface area contributed by atoms with Gasteiger partial charge in [-0.25, -0.2) is 0 Å². The SMILES string of the molecule is CC=CC=CC(=O)NCC1(c2cccc(C)c2)CCCC1. The van der Waals surface area contributed by atoms with Crippen molar-refractivity contribution in [3.8, 4) is 0 Å². The summed E-state index contributed by atoms with van der Waals surface area (Å²) in [4.78, 5) is 11.9. The van der Waals surface area contributed by atoms with Gasteiger partial charge in [0.15, 0.2) is 0 Å². The van der Waals surface area contributed by atoms with Gasteiger partial charge in [0.05, 0.1) is 0 Å². The van der Waals surface area contributed by atoms with E-state index in [1.54, 1.807) is 12.2 Å². The second-order valence-electron chi connectivity index (χ2n) is 5.96. The van der Waals surface area contributed by atoms with E-state index in [9.17, 15) is 4.79 Å². The monoisotopic (exact) mass is 283 g/mol. The van der Waals surface area contributed by atoms with Crippen molar-refractivity contribution < 1.29 is 4.79 Å². The van der Waals surface area contributed by atoms with Crippen LogP contribution in [0, 0.1) is 6.92 Å². The Bertz CT molecular complexity index is 536. The van der Waals surface area contributed by atoms with Crippen molar-refractivity contribution in [2.75, 3.05) is 6.54 Å². The molecule has 1 aromatic rings. The first kappa shape index (κ1) is 15.6. The number of amides is 1. The summed E-state index contributed by atoms with van der Waals surface area (Å²) in [7, 11) is 0. The van der Waals surface area contributed by atoms with Gasteiger partial charge in [-0.05, 0) is 32.3 Å². The maximum atomic E-state index is 11.9. The van der Waals surface area contributed by atoms with Crippen LogP contribution in [0.25, 0.3) is 0 Å². The first-order chi connectivity index (χ1) is 10.2. The number of allylic oxidation sites excluding steroid dienone is 3. The summed E-state index contributed by atoms with van der Waals surface area (Å²) in [6.45, 7) is 4.80. The number of benzene rings is 1. The van der Waals surface area contributed by atoms with Crippen LogP contribution in [-0.2, 0) is 10.2 Å². The molecule has 21 heavy (non-hydrogen) atoms. The molecule has 112 valence electrons. The Balaban J connectivity index is 2.07. The van der Waals surface area contributed by atoms with Gasteiger partial charge in [0.1, 0.15) is 0 Å². The van der Waals surface area contributed by atoms with Crippen molar-refractivity contribution in [3.63, 3.8) is 0 Å². The third-order valence-corrected chi connectivity index (χ3v) is 4.34. The van der Waals surface area contributed by atoms with Crippen LogP contribution in [-0.4, -0.2) is 12.5 Å². The normalized spacial score (nSPS) is 17.6. The third-order valence-electron chi connectivity index (χ3n) is 4.34. The molecule has 1 amide bonds. The summed E-state index contributed by atoms with van der Waals surface area (Å²) in [5.41, 5.74) is 2.78. The van der Waals surface area contributed by atoms with Gasteiger partial charge in [-0.3, -0.25) is 4.79 Å². The standard InChI is InChI=1S/C19H25NO/c1-3-4-5-11-18(21)20-15-19(12-6-7-13-19)17-10-8-9-16(2)14-17/h3-5,8-11,14H,6-7,12-13,15H2,1-2H3,(H,20,21). The minimum absolute atomic E-state index is 0.00738. The summed E-state index contributed by atoms with van der Waals surface area (Å²) in [5, 5.41) is 3.08. The molecule has 1 aliphatic carbocycles. The van der Waals surface area contributed by atoms with E-state index >= 15 is 0 Å². The molecule has 0 saturated heterocycles. The number of carbonyl (C=O) groups is 1. The van der Waals surface area contributed by atoms with E-state index in [1.165, 1.54) is 24.0 Å². The van der Waals surface area contributed by atoms with Gasteiger partial charge in [0.25, 0.3) is 0 Å². The Morgan fingerprint density at radius 2 is 2.05 bits per heavy atom. The highest BCUT2D eigenvalue weighted by molar-refractivity contribution is 5.87. The van der Waals surface area contributed by atoms with E-state index in [1.807, 2.05) is 19.1 Å². The molecule has 0 atom stereocenters. The van der Waals surface area contributed by atoms with Crippen LogP contribution in [0.3, 0.4) is 0 Å². The Morgan fingerprint density at radius 1 is 1.29 bits per heavy atom. The maximum Gasteiger partial charge on any atom is 0.244 e. The fraction of sp³-hybridized carbons (Fsp3) is 0.421. The van der Waals surface area contributed by atoms with Crippen molar-refractivity contribution in [3.05, 3.63) is 59.7 Å². The number of hydrogen-bond donors (Lipinski definition) is 1. The Morgan fingerprint density at radius 3 is 2.71 bits per heavy atom.